The minimum Gasteiger partial charge on any atom is -0.435 e. The lowest BCUT2D eigenvalue weighted by Gasteiger charge is -2.14. The molecule has 106 valence electrons. The van der Waals surface area contributed by atoms with Gasteiger partial charge in [0.25, 0.3) is 0 Å². The maximum atomic E-state index is 12.1. The van der Waals surface area contributed by atoms with E-state index in [1.54, 1.807) is 19.9 Å². The minimum absolute atomic E-state index is 0.0230. The fourth-order valence-corrected chi connectivity index (χ4v) is 1.42. The van der Waals surface area contributed by atoms with Crippen LogP contribution in [0.4, 0.5) is 8.78 Å². The average molecular weight is 273 g/mol. The number of carbonyl (C=O) groups excluding carboxylic acids is 1. The summed E-state index contributed by atoms with van der Waals surface area (Å²) in [7, 11) is 0. The van der Waals surface area contributed by atoms with E-state index in [2.05, 4.69) is 10.1 Å². The van der Waals surface area contributed by atoms with E-state index in [1.807, 2.05) is 0 Å². The molecule has 0 heterocycles. The summed E-state index contributed by atoms with van der Waals surface area (Å²) in [6, 6.07) is 5.76. The third kappa shape index (κ3) is 5.21. The molecule has 19 heavy (non-hydrogen) atoms. The molecule has 0 aliphatic carbocycles. The van der Waals surface area contributed by atoms with Gasteiger partial charge >= 0.3 is 6.61 Å². The molecular formula is C13H17F2NO3. The first-order valence-electron chi connectivity index (χ1n) is 5.90. The van der Waals surface area contributed by atoms with E-state index in [4.69, 9.17) is 0 Å². The Bertz CT molecular complexity index is 424. The Morgan fingerprint density at radius 2 is 2.11 bits per heavy atom. The number of amides is 1. The molecule has 0 aliphatic rings. The van der Waals surface area contributed by atoms with Gasteiger partial charge < -0.3 is 15.2 Å². The number of benzene rings is 1. The number of hydrogen-bond acceptors (Lipinski definition) is 3. The SMILES string of the molecule is CC(C)C(=O)NCC(O)c1cccc(OC(F)F)c1. The highest BCUT2D eigenvalue weighted by atomic mass is 19.3. The van der Waals surface area contributed by atoms with Gasteiger partial charge in [0.1, 0.15) is 5.75 Å². The predicted octanol–water partition coefficient (Wildman–Crippen LogP) is 2.09. The van der Waals surface area contributed by atoms with Crippen molar-refractivity contribution in [1.29, 1.82) is 0 Å². The fraction of sp³-hybridized carbons (Fsp3) is 0.462. The topological polar surface area (TPSA) is 58.6 Å². The monoisotopic (exact) mass is 273 g/mol. The van der Waals surface area contributed by atoms with Crippen molar-refractivity contribution in [2.75, 3.05) is 6.54 Å². The van der Waals surface area contributed by atoms with E-state index >= 15 is 0 Å². The Kier molecular flexibility index (Phi) is 5.69. The van der Waals surface area contributed by atoms with Gasteiger partial charge in [-0.05, 0) is 17.7 Å². The largest absolute Gasteiger partial charge is 0.435 e. The fourth-order valence-electron chi connectivity index (χ4n) is 1.42. The first-order valence-corrected chi connectivity index (χ1v) is 5.90. The van der Waals surface area contributed by atoms with Crippen LogP contribution in [0, 0.1) is 5.92 Å². The zero-order valence-corrected chi connectivity index (χ0v) is 10.8. The van der Waals surface area contributed by atoms with Crippen LogP contribution in [0.2, 0.25) is 0 Å². The van der Waals surface area contributed by atoms with Crippen LogP contribution in [-0.2, 0) is 4.79 Å². The molecule has 0 bridgehead atoms. The number of alkyl halides is 2. The van der Waals surface area contributed by atoms with Gasteiger partial charge in [0.05, 0.1) is 6.10 Å². The number of halogens is 2. The van der Waals surface area contributed by atoms with Crippen LogP contribution in [0.1, 0.15) is 25.5 Å². The Morgan fingerprint density at radius 1 is 1.42 bits per heavy atom. The Labute approximate surface area is 110 Å². The maximum absolute atomic E-state index is 12.1. The zero-order chi connectivity index (χ0) is 14.4. The molecule has 4 nitrogen and oxygen atoms in total. The number of ether oxygens (including phenoxy) is 1. The van der Waals surface area contributed by atoms with Crippen molar-refractivity contribution >= 4 is 5.91 Å². The minimum atomic E-state index is -2.91. The van der Waals surface area contributed by atoms with Gasteiger partial charge in [-0.15, -0.1) is 0 Å². The number of aliphatic hydroxyl groups excluding tert-OH is 1. The lowest BCUT2D eigenvalue weighted by molar-refractivity contribution is -0.124. The van der Waals surface area contributed by atoms with Crippen molar-refractivity contribution < 1.29 is 23.4 Å². The highest BCUT2D eigenvalue weighted by Gasteiger charge is 2.13. The summed E-state index contributed by atoms with van der Waals surface area (Å²) in [5.41, 5.74) is 0.405. The number of rotatable bonds is 6. The van der Waals surface area contributed by atoms with Crippen molar-refractivity contribution in [3.63, 3.8) is 0 Å². The van der Waals surface area contributed by atoms with Gasteiger partial charge in [0, 0.05) is 12.5 Å². The highest BCUT2D eigenvalue weighted by Crippen LogP contribution is 2.20. The molecule has 2 N–H and O–H groups in total. The first-order chi connectivity index (χ1) is 8.90. The zero-order valence-electron chi connectivity index (χ0n) is 10.8. The van der Waals surface area contributed by atoms with Gasteiger partial charge in [-0.1, -0.05) is 26.0 Å². The lowest BCUT2D eigenvalue weighted by Crippen LogP contribution is -2.31. The number of hydrogen-bond donors (Lipinski definition) is 2. The van der Waals surface area contributed by atoms with Crippen LogP contribution >= 0.6 is 0 Å². The summed E-state index contributed by atoms with van der Waals surface area (Å²) in [6.07, 6.45) is -0.969. The van der Waals surface area contributed by atoms with Crippen LogP contribution < -0.4 is 10.1 Å². The molecule has 0 aliphatic heterocycles. The molecule has 1 atom stereocenters. The van der Waals surface area contributed by atoms with Gasteiger partial charge in [-0.2, -0.15) is 8.78 Å². The number of nitrogens with one attached hydrogen (secondary N) is 1. The molecule has 0 fully saturated rings. The standard InChI is InChI=1S/C13H17F2NO3/c1-8(2)12(18)16-7-11(17)9-4-3-5-10(6-9)19-13(14)15/h3-6,8,11,13,17H,7H2,1-2H3,(H,16,18). The van der Waals surface area contributed by atoms with E-state index in [0.29, 0.717) is 5.56 Å². The van der Waals surface area contributed by atoms with Gasteiger partial charge in [0.15, 0.2) is 0 Å². The molecule has 0 radical (unpaired) electrons. The number of aliphatic hydroxyl groups is 1. The van der Waals surface area contributed by atoms with Crippen LogP contribution in [0.15, 0.2) is 24.3 Å². The summed E-state index contributed by atoms with van der Waals surface area (Å²) in [5.74, 6) is -0.388. The molecule has 0 aromatic heterocycles. The summed E-state index contributed by atoms with van der Waals surface area (Å²) < 4.78 is 28.3. The molecular weight excluding hydrogens is 256 g/mol. The normalized spacial score (nSPS) is 12.6. The third-order valence-electron chi connectivity index (χ3n) is 2.46. The Balaban J connectivity index is 2.61. The molecule has 6 heteroatoms. The maximum Gasteiger partial charge on any atom is 0.387 e. The Hall–Kier alpha value is -1.69. The van der Waals surface area contributed by atoms with Crippen molar-refractivity contribution in [2.45, 2.75) is 26.6 Å². The van der Waals surface area contributed by atoms with Crippen molar-refractivity contribution in [3.8, 4) is 5.75 Å². The van der Waals surface area contributed by atoms with Crippen molar-refractivity contribution in [3.05, 3.63) is 29.8 Å². The molecule has 0 spiro atoms. The Morgan fingerprint density at radius 3 is 2.68 bits per heavy atom. The lowest BCUT2D eigenvalue weighted by atomic mass is 10.1. The molecule has 1 aromatic carbocycles. The van der Waals surface area contributed by atoms with Crippen LogP contribution in [0.5, 0.6) is 5.75 Å². The molecule has 1 aromatic rings. The second-order valence-corrected chi connectivity index (χ2v) is 4.37. The molecule has 0 saturated carbocycles. The van der Waals surface area contributed by atoms with E-state index in [9.17, 15) is 18.7 Å². The highest BCUT2D eigenvalue weighted by molar-refractivity contribution is 5.77. The second-order valence-electron chi connectivity index (χ2n) is 4.37. The van der Waals surface area contributed by atoms with Crippen molar-refractivity contribution in [1.82, 2.24) is 5.32 Å². The average Bonchev–Trinajstić information content (AvgIpc) is 2.34. The summed E-state index contributed by atoms with van der Waals surface area (Å²) in [6.45, 7) is 0.584. The first kappa shape index (κ1) is 15.4. The van der Waals surface area contributed by atoms with E-state index in [0.717, 1.165) is 0 Å². The van der Waals surface area contributed by atoms with Crippen LogP contribution in [-0.4, -0.2) is 24.2 Å². The van der Waals surface area contributed by atoms with Crippen LogP contribution in [0.25, 0.3) is 0 Å². The smallest absolute Gasteiger partial charge is 0.387 e. The second kappa shape index (κ2) is 7.04. The van der Waals surface area contributed by atoms with E-state index in [1.165, 1.54) is 18.2 Å². The van der Waals surface area contributed by atoms with E-state index in [-0.39, 0.29) is 24.1 Å². The van der Waals surface area contributed by atoms with Gasteiger partial charge in [0.2, 0.25) is 5.91 Å². The third-order valence-corrected chi connectivity index (χ3v) is 2.46. The van der Waals surface area contributed by atoms with E-state index < -0.39 is 12.7 Å². The molecule has 1 amide bonds. The van der Waals surface area contributed by atoms with Crippen LogP contribution in [0.3, 0.4) is 0 Å². The van der Waals surface area contributed by atoms with Crippen molar-refractivity contribution in [2.24, 2.45) is 5.92 Å². The summed E-state index contributed by atoms with van der Waals surface area (Å²) in [4.78, 5) is 11.3. The predicted molar refractivity (Wildman–Crippen MR) is 65.9 cm³/mol. The summed E-state index contributed by atoms with van der Waals surface area (Å²) >= 11 is 0. The molecule has 0 saturated heterocycles. The quantitative estimate of drug-likeness (QED) is 0.834. The summed E-state index contributed by atoms with van der Waals surface area (Å²) in [5, 5.41) is 12.4. The molecule has 1 rings (SSSR count). The van der Waals surface area contributed by atoms with Gasteiger partial charge in [-0.3, -0.25) is 4.79 Å². The van der Waals surface area contributed by atoms with Gasteiger partial charge in [-0.25, -0.2) is 0 Å². The number of carbonyl (C=O) groups is 1. The molecule has 1 unspecified atom stereocenters.